The van der Waals surface area contributed by atoms with Crippen LogP contribution in [0, 0.1) is 13.7 Å². The zero-order valence-electron chi connectivity index (χ0n) is 10.9. The third-order valence-electron chi connectivity index (χ3n) is 2.66. The summed E-state index contributed by atoms with van der Waals surface area (Å²) < 4.78 is 11.1. The second-order valence-electron chi connectivity index (χ2n) is 4.00. The lowest BCUT2D eigenvalue weighted by Gasteiger charge is -2.09. The maximum atomic E-state index is 11.1. The smallest absolute Gasteiger partial charge is 0.313 e. The molecule has 0 aromatic heterocycles. The number of benzene rings is 2. The average Bonchev–Trinajstić information content (AvgIpc) is 2.49. The minimum absolute atomic E-state index is 0.108. The molecule has 7 heteroatoms. The first-order valence-corrected chi connectivity index (χ1v) is 6.88. The van der Waals surface area contributed by atoms with Crippen LogP contribution in [0.25, 0.3) is 0 Å². The SMILES string of the molecule is COc1ccc(Oc2c(I)cc(C=O)cc2[N+](=O)[O-])cc1. The Balaban J connectivity index is 2.42. The molecule has 2 rings (SSSR count). The third kappa shape index (κ3) is 3.48. The van der Waals surface area contributed by atoms with E-state index in [9.17, 15) is 14.9 Å². The number of nitro groups is 1. The summed E-state index contributed by atoms with van der Waals surface area (Å²) in [5, 5.41) is 11.1. The van der Waals surface area contributed by atoms with E-state index in [4.69, 9.17) is 9.47 Å². The lowest BCUT2D eigenvalue weighted by molar-refractivity contribution is -0.385. The fourth-order valence-electron chi connectivity index (χ4n) is 1.67. The largest absolute Gasteiger partial charge is 0.497 e. The highest BCUT2D eigenvalue weighted by atomic mass is 127. The summed E-state index contributed by atoms with van der Waals surface area (Å²) in [4.78, 5) is 21.3. The number of nitrogens with zero attached hydrogens (tertiary/aromatic N) is 1. The minimum atomic E-state index is -0.575. The Morgan fingerprint density at radius 2 is 1.81 bits per heavy atom. The van der Waals surface area contributed by atoms with Crippen molar-refractivity contribution in [1.29, 1.82) is 0 Å². The molecule has 0 radical (unpaired) electrons. The van der Waals surface area contributed by atoms with Gasteiger partial charge in [-0.25, -0.2) is 0 Å². The minimum Gasteiger partial charge on any atom is -0.497 e. The fraction of sp³-hybridized carbons (Fsp3) is 0.0714. The topological polar surface area (TPSA) is 78.7 Å². The number of halogens is 1. The Kier molecular flexibility index (Phi) is 4.73. The van der Waals surface area contributed by atoms with E-state index in [0.29, 0.717) is 21.4 Å². The number of ether oxygens (including phenoxy) is 2. The van der Waals surface area contributed by atoms with Crippen LogP contribution < -0.4 is 9.47 Å². The molecule has 0 amide bonds. The number of rotatable bonds is 5. The Morgan fingerprint density at radius 3 is 2.33 bits per heavy atom. The van der Waals surface area contributed by atoms with Gasteiger partial charge >= 0.3 is 5.69 Å². The van der Waals surface area contributed by atoms with Crippen molar-refractivity contribution in [1.82, 2.24) is 0 Å². The molecule has 2 aromatic carbocycles. The molecule has 21 heavy (non-hydrogen) atoms. The van der Waals surface area contributed by atoms with E-state index in [1.165, 1.54) is 12.1 Å². The van der Waals surface area contributed by atoms with Crippen LogP contribution in [0.5, 0.6) is 17.2 Å². The summed E-state index contributed by atoms with van der Waals surface area (Å²) in [7, 11) is 1.54. The maximum absolute atomic E-state index is 11.1. The van der Waals surface area contributed by atoms with Gasteiger partial charge in [-0.3, -0.25) is 14.9 Å². The van der Waals surface area contributed by atoms with Gasteiger partial charge in [-0.2, -0.15) is 0 Å². The quantitative estimate of drug-likeness (QED) is 0.331. The second-order valence-corrected chi connectivity index (χ2v) is 5.17. The van der Waals surface area contributed by atoms with Gasteiger partial charge < -0.3 is 9.47 Å². The predicted octanol–water partition coefficient (Wildman–Crippen LogP) is 3.81. The van der Waals surface area contributed by atoms with E-state index in [1.54, 1.807) is 31.4 Å². The van der Waals surface area contributed by atoms with Gasteiger partial charge in [-0.1, -0.05) is 0 Å². The van der Waals surface area contributed by atoms with Crippen molar-refractivity contribution in [3.8, 4) is 17.2 Å². The maximum Gasteiger partial charge on any atom is 0.313 e. The van der Waals surface area contributed by atoms with Gasteiger partial charge in [-0.15, -0.1) is 0 Å². The van der Waals surface area contributed by atoms with Gasteiger partial charge in [0.15, 0.2) is 0 Å². The normalized spacial score (nSPS) is 10.0. The zero-order valence-corrected chi connectivity index (χ0v) is 13.1. The predicted molar refractivity (Wildman–Crippen MR) is 84.3 cm³/mol. The lowest BCUT2D eigenvalue weighted by Crippen LogP contribution is -1.98. The lowest BCUT2D eigenvalue weighted by atomic mass is 10.2. The average molecular weight is 399 g/mol. The Bertz CT molecular complexity index is 685. The summed E-state index contributed by atoms with van der Waals surface area (Å²) in [6, 6.07) is 9.38. The molecular weight excluding hydrogens is 389 g/mol. The van der Waals surface area contributed by atoms with E-state index in [-0.39, 0.29) is 17.0 Å². The van der Waals surface area contributed by atoms with Gasteiger partial charge in [0, 0.05) is 11.6 Å². The summed E-state index contributed by atoms with van der Waals surface area (Å²) in [5.74, 6) is 1.20. The Labute approximate surface area is 134 Å². The third-order valence-corrected chi connectivity index (χ3v) is 3.46. The Morgan fingerprint density at radius 1 is 1.19 bits per heavy atom. The summed E-state index contributed by atoms with van der Waals surface area (Å²) in [6.07, 6.45) is 0.562. The number of methoxy groups -OCH3 is 1. The van der Waals surface area contributed by atoms with Gasteiger partial charge in [0.2, 0.25) is 5.75 Å². The van der Waals surface area contributed by atoms with Gasteiger partial charge in [0.25, 0.3) is 0 Å². The van der Waals surface area contributed by atoms with Crippen LogP contribution in [0.2, 0.25) is 0 Å². The molecule has 0 aliphatic heterocycles. The van der Waals surface area contributed by atoms with Crippen LogP contribution in [0.3, 0.4) is 0 Å². The Hall–Kier alpha value is -2.16. The fourth-order valence-corrected chi connectivity index (χ4v) is 2.41. The van der Waals surface area contributed by atoms with Crippen molar-refractivity contribution >= 4 is 34.6 Å². The number of nitro benzene ring substituents is 1. The number of hydrogen-bond donors (Lipinski definition) is 0. The van der Waals surface area contributed by atoms with E-state index >= 15 is 0 Å². The molecule has 6 nitrogen and oxygen atoms in total. The van der Waals surface area contributed by atoms with Crippen LogP contribution in [0.1, 0.15) is 10.4 Å². The number of carbonyl (C=O) groups excluding carboxylic acids is 1. The molecule has 0 bridgehead atoms. The molecule has 0 heterocycles. The number of aldehydes is 1. The van der Waals surface area contributed by atoms with Crippen molar-refractivity contribution in [3.05, 3.63) is 55.6 Å². The number of hydrogen-bond acceptors (Lipinski definition) is 5. The molecule has 0 unspecified atom stereocenters. The first kappa shape index (κ1) is 15.2. The first-order valence-electron chi connectivity index (χ1n) is 5.80. The van der Waals surface area contributed by atoms with E-state index in [1.807, 2.05) is 22.6 Å². The van der Waals surface area contributed by atoms with Crippen molar-refractivity contribution < 1.29 is 19.2 Å². The summed E-state index contributed by atoms with van der Waals surface area (Å²) >= 11 is 1.90. The number of carbonyl (C=O) groups is 1. The van der Waals surface area contributed by atoms with Gasteiger partial charge in [-0.05, 0) is 52.9 Å². The van der Waals surface area contributed by atoms with Crippen molar-refractivity contribution in [3.63, 3.8) is 0 Å². The molecule has 0 fully saturated rings. The highest BCUT2D eigenvalue weighted by Gasteiger charge is 2.21. The standard InChI is InChI=1S/C14H10INO5/c1-20-10-2-4-11(5-3-10)21-14-12(15)6-9(8-17)7-13(14)16(18)19/h2-8H,1H3. The van der Waals surface area contributed by atoms with E-state index in [2.05, 4.69) is 0 Å². The van der Waals surface area contributed by atoms with Crippen LogP contribution in [-0.2, 0) is 0 Å². The summed E-state index contributed by atoms with van der Waals surface area (Å²) in [5.41, 5.74) is -0.0204. The molecule has 0 aliphatic carbocycles. The molecule has 2 aromatic rings. The molecule has 0 saturated heterocycles. The van der Waals surface area contributed by atoms with Gasteiger partial charge in [0.05, 0.1) is 15.6 Å². The first-order chi connectivity index (χ1) is 10.0. The van der Waals surface area contributed by atoms with Gasteiger partial charge in [0.1, 0.15) is 17.8 Å². The molecule has 0 saturated carbocycles. The van der Waals surface area contributed by atoms with Crippen LogP contribution >= 0.6 is 22.6 Å². The molecular formula is C14H10INO5. The van der Waals surface area contributed by atoms with E-state index in [0.717, 1.165) is 0 Å². The molecule has 0 aliphatic rings. The molecule has 0 N–H and O–H groups in total. The highest BCUT2D eigenvalue weighted by molar-refractivity contribution is 14.1. The van der Waals surface area contributed by atoms with Crippen LogP contribution in [0.15, 0.2) is 36.4 Å². The van der Waals surface area contributed by atoms with E-state index < -0.39 is 4.92 Å². The van der Waals surface area contributed by atoms with Crippen LogP contribution in [-0.4, -0.2) is 18.3 Å². The van der Waals surface area contributed by atoms with Crippen molar-refractivity contribution in [2.45, 2.75) is 0 Å². The second kappa shape index (κ2) is 6.53. The zero-order chi connectivity index (χ0) is 15.4. The molecule has 108 valence electrons. The highest BCUT2D eigenvalue weighted by Crippen LogP contribution is 2.37. The van der Waals surface area contributed by atoms with Crippen molar-refractivity contribution in [2.24, 2.45) is 0 Å². The summed E-state index contributed by atoms with van der Waals surface area (Å²) in [6.45, 7) is 0. The monoisotopic (exact) mass is 399 g/mol. The molecule has 0 atom stereocenters. The molecule has 0 spiro atoms. The van der Waals surface area contributed by atoms with Crippen molar-refractivity contribution in [2.75, 3.05) is 7.11 Å². The van der Waals surface area contributed by atoms with Crippen LogP contribution in [0.4, 0.5) is 5.69 Å².